The highest BCUT2D eigenvalue weighted by Crippen LogP contribution is 2.29. The van der Waals surface area contributed by atoms with Crippen LogP contribution in [0.1, 0.15) is 4.88 Å². The topological polar surface area (TPSA) is 23.8 Å². The standard InChI is InChI=1S/C7H3BrClNS/c8-7-2-1-6(11-7)5(9)3-4-10/h1-3H/b5-3-. The fraction of sp³-hybridized carbons (Fsp3) is 0. The summed E-state index contributed by atoms with van der Waals surface area (Å²) in [6.45, 7) is 0. The van der Waals surface area contributed by atoms with E-state index in [2.05, 4.69) is 15.9 Å². The van der Waals surface area contributed by atoms with Crippen LogP contribution in [-0.4, -0.2) is 0 Å². The molecule has 0 aliphatic heterocycles. The van der Waals surface area contributed by atoms with Gasteiger partial charge in [-0.05, 0) is 28.1 Å². The number of nitrogens with zero attached hydrogens (tertiary/aromatic N) is 1. The van der Waals surface area contributed by atoms with Gasteiger partial charge in [-0.25, -0.2) is 0 Å². The first-order chi connectivity index (χ1) is 5.24. The lowest BCUT2D eigenvalue weighted by Crippen LogP contribution is -1.63. The van der Waals surface area contributed by atoms with Crippen molar-refractivity contribution in [2.45, 2.75) is 0 Å². The van der Waals surface area contributed by atoms with Crippen LogP contribution in [0, 0.1) is 11.3 Å². The SMILES string of the molecule is N#C/C=C(\Cl)c1ccc(Br)s1. The number of allylic oxidation sites excluding steroid dienone is 1. The number of nitriles is 1. The molecule has 1 nitrogen and oxygen atoms in total. The number of rotatable bonds is 1. The molecule has 0 saturated carbocycles. The third-order valence-corrected chi connectivity index (χ3v) is 3.08. The summed E-state index contributed by atoms with van der Waals surface area (Å²) in [6.07, 6.45) is 1.32. The average Bonchev–Trinajstić information content (AvgIpc) is 2.36. The van der Waals surface area contributed by atoms with Gasteiger partial charge < -0.3 is 0 Å². The maximum absolute atomic E-state index is 8.29. The molecule has 1 aromatic heterocycles. The van der Waals surface area contributed by atoms with Gasteiger partial charge in [0.15, 0.2) is 0 Å². The monoisotopic (exact) mass is 247 g/mol. The first kappa shape index (κ1) is 8.79. The summed E-state index contributed by atoms with van der Waals surface area (Å²) in [4.78, 5) is 0.903. The van der Waals surface area contributed by atoms with Gasteiger partial charge in [0.1, 0.15) is 0 Å². The van der Waals surface area contributed by atoms with Gasteiger partial charge in [0.05, 0.1) is 14.9 Å². The van der Waals surface area contributed by atoms with Crippen LogP contribution < -0.4 is 0 Å². The highest BCUT2D eigenvalue weighted by atomic mass is 79.9. The van der Waals surface area contributed by atoms with Crippen LogP contribution in [0.4, 0.5) is 0 Å². The van der Waals surface area contributed by atoms with Crippen molar-refractivity contribution in [2.75, 3.05) is 0 Å². The molecule has 0 radical (unpaired) electrons. The maximum atomic E-state index is 8.29. The minimum atomic E-state index is 0.489. The lowest BCUT2D eigenvalue weighted by Gasteiger charge is -1.86. The number of hydrogen-bond donors (Lipinski definition) is 0. The van der Waals surface area contributed by atoms with E-state index in [1.165, 1.54) is 17.4 Å². The summed E-state index contributed by atoms with van der Waals surface area (Å²) >= 11 is 10.6. The van der Waals surface area contributed by atoms with Gasteiger partial charge >= 0.3 is 0 Å². The quantitative estimate of drug-likeness (QED) is 0.697. The zero-order chi connectivity index (χ0) is 8.27. The molecule has 0 saturated heterocycles. The number of hydrogen-bond acceptors (Lipinski definition) is 2. The first-order valence-electron chi connectivity index (χ1n) is 2.75. The number of halogens is 2. The molecule has 1 aromatic rings. The molecule has 0 aliphatic rings. The summed E-state index contributed by atoms with van der Waals surface area (Å²) in [5.74, 6) is 0. The van der Waals surface area contributed by atoms with Crippen molar-refractivity contribution < 1.29 is 0 Å². The second-order valence-corrected chi connectivity index (χ2v) is 4.60. The molecule has 0 aromatic carbocycles. The van der Waals surface area contributed by atoms with E-state index in [-0.39, 0.29) is 0 Å². The van der Waals surface area contributed by atoms with Gasteiger partial charge in [-0.2, -0.15) is 5.26 Å². The average molecular weight is 249 g/mol. The fourth-order valence-corrected chi connectivity index (χ4v) is 2.09. The Kier molecular flexibility index (Phi) is 3.13. The van der Waals surface area contributed by atoms with E-state index in [9.17, 15) is 0 Å². The molecule has 0 fully saturated rings. The summed E-state index contributed by atoms with van der Waals surface area (Å²) in [5, 5.41) is 8.78. The van der Waals surface area contributed by atoms with E-state index >= 15 is 0 Å². The second kappa shape index (κ2) is 3.91. The van der Waals surface area contributed by atoms with Crippen molar-refractivity contribution >= 4 is 43.9 Å². The Bertz CT molecular complexity index is 323. The minimum Gasteiger partial charge on any atom is -0.193 e. The van der Waals surface area contributed by atoms with Gasteiger partial charge in [0.2, 0.25) is 0 Å². The van der Waals surface area contributed by atoms with E-state index in [1.54, 1.807) is 0 Å². The van der Waals surface area contributed by atoms with Crippen molar-refractivity contribution in [1.82, 2.24) is 0 Å². The van der Waals surface area contributed by atoms with Crippen molar-refractivity contribution in [3.05, 3.63) is 26.9 Å². The summed E-state index contributed by atoms with van der Waals surface area (Å²) in [5.41, 5.74) is 0. The fourth-order valence-electron chi connectivity index (χ4n) is 0.570. The third kappa shape index (κ3) is 2.33. The zero-order valence-electron chi connectivity index (χ0n) is 5.34. The van der Waals surface area contributed by atoms with E-state index in [1.807, 2.05) is 18.2 Å². The van der Waals surface area contributed by atoms with E-state index in [0.29, 0.717) is 5.03 Å². The molecule has 0 unspecified atom stereocenters. The zero-order valence-corrected chi connectivity index (χ0v) is 8.50. The Hall–Kier alpha value is -0.300. The van der Waals surface area contributed by atoms with Crippen molar-refractivity contribution in [1.29, 1.82) is 5.26 Å². The molecule has 0 bridgehead atoms. The molecular weight excluding hydrogens is 246 g/mol. The lowest BCUT2D eigenvalue weighted by atomic mass is 10.4. The highest BCUT2D eigenvalue weighted by molar-refractivity contribution is 9.11. The Morgan fingerprint density at radius 2 is 2.45 bits per heavy atom. The molecule has 0 spiro atoms. The first-order valence-corrected chi connectivity index (χ1v) is 4.74. The smallest absolute Gasteiger partial charge is 0.0928 e. The van der Waals surface area contributed by atoms with Crippen molar-refractivity contribution in [3.63, 3.8) is 0 Å². The Morgan fingerprint density at radius 3 is 2.91 bits per heavy atom. The van der Waals surface area contributed by atoms with Crippen LogP contribution in [-0.2, 0) is 0 Å². The number of thiophene rings is 1. The second-order valence-electron chi connectivity index (χ2n) is 1.73. The largest absolute Gasteiger partial charge is 0.193 e. The Labute approximate surface area is 82.0 Å². The van der Waals surface area contributed by atoms with E-state index in [4.69, 9.17) is 16.9 Å². The molecule has 56 valence electrons. The van der Waals surface area contributed by atoms with Gasteiger partial charge in [0, 0.05) is 11.0 Å². The van der Waals surface area contributed by atoms with Gasteiger partial charge in [-0.15, -0.1) is 11.3 Å². The highest BCUT2D eigenvalue weighted by Gasteiger charge is 2.00. The van der Waals surface area contributed by atoms with Crippen LogP contribution in [0.5, 0.6) is 0 Å². The third-order valence-electron chi connectivity index (χ3n) is 1.000. The van der Waals surface area contributed by atoms with Crippen LogP contribution in [0.3, 0.4) is 0 Å². The van der Waals surface area contributed by atoms with Crippen molar-refractivity contribution in [2.24, 2.45) is 0 Å². The van der Waals surface area contributed by atoms with Crippen LogP contribution in [0.2, 0.25) is 0 Å². The molecular formula is C7H3BrClNS. The van der Waals surface area contributed by atoms with Gasteiger partial charge in [-0.1, -0.05) is 11.6 Å². The maximum Gasteiger partial charge on any atom is 0.0928 e. The molecule has 0 N–H and O–H groups in total. The van der Waals surface area contributed by atoms with E-state index < -0.39 is 0 Å². The van der Waals surface area contributed by atoms with Crippen LogP contribution in [0.25, 0.3) is 5.03 Å². The van der Waals surface area contributed by atoms with Gasteiger partial charge in [-0.3, -0.25) is 0 Å². The molecule has 1 heterocycles. The normalized spacial score (nSPS) is 11.2. The Morgan fingerprint density at radius 1 is 1.73 bits per heavy atom. The predicted octanol–water partition coefficient (Wildman–Crippen LogP) is 3.61. The molecule has 4 heteroatoms. The molecule has 0 atom stereocenters. The van der Waals surface area contributed by atoms with E-state index in [0.717, 1.165) is 8.66 Å². The lowest BCUT2D eigenvalue weighted by molar-refractivity contribution is 1.54. The molecule has 1 rings (SSSR count). The summed E-state index contributed by atoms with van der Waals surface area (Å²) in [7, 11) is 0. The molecule has 0 amide bonds. The van der Waals surface area contributed by atoms with Crippen LogP contribution in [0.15, 0.2) is 22.0 Å². The van der Waals surface area contributed by atoms with Crippen molar-refractivity contribution in [3.8, 4) is 6.07 Å². The predicted molar refractivity (Wildman–Crippen MR) is 51.5 cm³/mol. The summed E-state index contributed by atoms with van der Waals surface area (Å²) in [6, 6.07) is 5.64. The molecule has 0 aliphatic carbocycles. The summed E-state index contributed by atoms with van der Waals surface area (Å²) < 4.78 is 1.01. The van der Waals surface area contributed by atoms with Gasteiger partial charge in [0.25, 0.3) is 0 Å². The molecule has 11 heavy (non-hydrogen) atoms. The Balaban J connectivity index is 2.95. The minimum absolute atomic E-state index is 0.489. The van der Waals surface area contributed by atoms with Crippen LogP contribution >= 0.6 is 38.9 Å².